The summed E-state index contributed by atoms with van der Waals surface area (Å²) in [5.74, 6) is -0.0250. The van der Waals surface area contributed by atoms with Crippen molar-refractivity contribution in [3.63, 3.8) is 0 Å². The van der Waals surface area contributed by atoms with Gasteiger partial charge in [-0.1, -0.05) is 44.5 Å². The summed E-state index contributed by atoms with van der Waals surface area (Å²) in [6.45, 7) is 4.30. The SMILES string of the molecule is CCCC(CC)Oc1ccc(-c2ccc(C(=O)O)cc2)cc1. The lowest BCUT2D eigenvalue weighted by molar-refractivity contribution is 0.0697. The minimum Gasteiger partial charge on any atom is -0.490 e. The van der Waals surface area contributed by atoms with E-state index in [9.17, 15) is 4.79 Å². The molecule has 0 radical (unpaired) electrons. The first-order valence-electron chi connectivity index (χ1n) is 7.74. The van der Waals surface area contributed by atoms with Crippen molar-refractivity contribution in [3.05, 3.63) is 54.1 Å². The molecule has 0 aromatic heterocycles. The molecule has 3 heteroatoms. The summed E-state index contributed by atoms with van der Waals surface area (Å²) in [5, 5.41) is 8.92. The van der Waals surface area contributed by atoms with Crippen LogP contribution in [-0.4, -0.2) is 17.2 Å². The summed E-state index contributed by atoms with van der Waals surface area (Å²) in [6, 6.07) is 14.8. The molecule has 116 valence electrons. The van der Waals surface area contributed by atoms with Gasteiger partial charge >= 0.3 is 5.97 Å². The minimum absolute atomic E-state index is 0.269. The standard InChI is InChI=1S/C19H22O3/c1-3-5-17(4-2)22-18-12-10-15(11-13-18)14-6-8-16(9-7-14)19(20)21/h6-13,17H,3-5H2,1-2H3,(H,20,21). The lowest BCUT2D eigenvalue weighted by Crippen LogP contribution is -2.14. The molecule has 3 nitrogen and oxygen atoms in total. The van der Waals surface area contributed by atoms with E-state index in [1.54, 1.807) is 12.1 Å². The second-order valence-electron chi connectivity index (χ2n) is 5.34. The number of carbonyl (C=O) groups is 1. The van der Waals surface area contributed by atoms with E-state index in [1.807, 2.05) is 36.4 Å². The maximum Gasteiger partial charge on any atom is 0.335 e. The van der Waals surface area contributed by atoms with E-state index in [2.05, 4.69) is 13.8 Å². The molecule has 0 heterocycles. The first-order chi connectivity index (χ1) is 10.6. The molecule has 0 aliphatic carbocycles. The minimum atomic E-state index is -0.906. The smallest absolute Gasteiger partial charge is 0.335 e. The summed E-state index contributed by atoms with van der Waals surface area (Å²) in [7, 11) is 0. The van der Waals surface area contributed by atoms with Crippen molar-refractivity contribution in [2.45, 2.75) is 39.2 Å². The second-order valence-corrected chi connectivity index (χ2v) is 5.34. The van der Waals surface area contributed by atoms with E-state index in [0.29, 0.717) is 5.56 Å². The Kier molecular flexibility index (Phi) is 5.59. The van der Waals surface area contributed by atoms with Crippen LogP contribution in [0.15, 0.2) is 48.5 Å². The normalized spacial score (nSPS) is 11.9. The molecule has 0 spiro atoms. The molecule has 2 rings (SSSR count). The van der Waals surface area contributed by atoms with Crippen LogP contribution >= 0.6 is 0 Å². The Labute approximate surface area is 131 Å². The fourth-order valence-electron chi connectivity index (χ4n) is 2.39. The third-order valence-corrected chi connectivity index (χ3v) is 3.69. The van der Waals surface area contributed by atoms with Gasteiger partial charge < -0.3 is 9.84 Å². The lowest BCUT2D eigenvalue weighted by atomic mass is 10.0. The van der Waals surface area contributed by atoms with Gasteiger partial charge in [-0.2, -0.15) is 0 Å². The summed E-state index contributed by atoms with van der Waals surface area (Å²) >= 11 is 0. The molecule has 0 aliphatic rings. The monoisotopic (exact) mass is 298 g/mol. The molecule has 0 fully saturated rings. The van der Waals surface area contributed by atoms with Gasteiger partial charge in [0, 0.05) is 0 Å². The maximum atomic E-state index is 10.9. The molecule has 0 bridgehead atoms. The van der Waals surface area contributed by atoms with Crippen LogP contribution in [0.3, 0.4) is 0 Å². The van der Waals surface area contributed by atoms with Crippen LogP contribution in [0.4, 0.5) is 0 Å². The molecule has 2 aromatic rings. The Bertz CT molecular complexity index is 600. The number of aromatic carboxylic acids is 1. The third kappa shape index (κ3) is 4.10. The number of rotatable bonds is 7. The van der Waals surface area contributed by atoms with Crippen LogP contribution in [0, 0.1) is 0 Å². The molecule has 0 saturated carbocycles. The van der Waals surface area contributed by atoms with E-state index in [0.717, 1.165) is 36.1 Å². The predicted molar refractivity (Wildman–Crippen MR) is 88.5 cm³/mol. The van der Waals surface area contributed by atoms with Gasteiger partial charge in [0.25, 0.3) is 0 Å². The van der Waals surface area contributed by atoms with Gasteiger partial charge in [-0.15, -0.1) is 0 Å². The van der Waals surface area contributed by atoms with Crippen molar-refractivity contribution in [2.24, 2.45) is 0 Å². The van der Waals surface area contributed by atoms with E-state index in [1.165, 1.54) is 0 Å². The molecule has 0 saturated heterocycles. The Morgan fingerprint density at radius 2 is 1.55 bits per heavy atom. The largest absolute Gasteiger partial charge is 0.490 e. The second kappa shape index (κ2) is 7.64. The summed E-state index contributed by atoms with van der Waals surface area (Å²) in [4.78, 5) is 10.9. The lowest BCUT2D eigenvalue weighted by Gasteiger charge is -2.17. The number of benzene rings is 2. The Hall–Kier alpha value is -2.29. The molecule has 1 atom stereocenters. The highest BCUT2D eigenvalue weighted by Crippen LogP contribution is 2.24. The molecule has 1 N–H and O–H groups in total. The Morgan fingerprint density at radius 1 is 1.00 bits per heavy atom. The average molecular weight is 298 g/mol. The van der Waals surface area contributed by atoms with Crippen LogP contribution in [-0.2, 0) is 0 Å². The maximum absolute atomic E-state index is 10.9. The zero-order chi connectivity index (χ0) is 15.9. The fourth-order valence-corrected chi connectivity index (χ4v) is 2.39. The molecule has 22 heavy (non-hydrogen) atoms. The van der Waals surface area contributed by atoms with E-state index < -0.39 is 5.97 Å². The third-order valence-electron chi connectivity index (χ3n) is 3.69. The van der Waals surface area contributed by atoms with Crippen LogP contribution in [0.2, 0.25) is 0 Å². The van der Waals surface area contributed by atoms with Crippen molar-refractivity contribution in [1.82, 2.24) is 0 Å². The van der Waals surface area contributed by atoms with Gasteiger partial charge in [0.2, 0.25) is 0 Å². The van der Waals surface area contributed by atoms with Crippen LogP contribution < -0.4 is 4.74 Å². The number of ether oxygens (including phenoxy) is 1. The quantitative estimate of drug-likeness (QED) is 0.781. The molecule has 0 aliphatic heterocycles. The number of hydrogen-bond acceptors (Lipinski definition) is 2. The summed E-state index contributed by atoms with van der Waals surface area (Å²) in [5.41, 5.74) is 2.35. The zero-order valence-corrected chi connectivity index (χ0v) is 13.1. The molecule has 0 amide bonds. The highest BCUT2D eigenvalue weighted by Gasteiger charge is 2.07. The van der Waals surface area contributed by atoms with Crippen molar-refractivity contribution in [2.75, 3.05) is 0 Å². The molecular weight excluding hydrogens is 276 g/mol. The average Bonchev–Trinajstić information content (AvgIpc) is 2.55. The first-order valence-corrected chi connectivity index (χ1v) is 7.74. The molecule has 1 unspecified atom stereocenters. The number of carboxylic acids is 1. The van der Waals surface area contributed by atoms with Crippen molar-refractivity contribution >= 4 is 5.97 Å². The van der Waals surface area contributed by atoms with E-state index >= 15 is 0 Å². The van der Waals surface area contributed by atoms with Gasteiger partial charge in [-0.25, -0.2) is 4.79 Å². The van der Waals surface area contributed by atoms with Crippen LogP contribution in [0.5, 0.6) is 5.75 Å². The Morgan fingerprint density at radius 3 is 2.00 bits per heavy atom. The number of hydrogen-bond donors (Lipinski definition) is 1. The van der Waals surface area contributed by atoms with Gasteiger partial charge in [0.1, 0.15) is 5.75 Å². The Balaban J connectivity index is 2.09. The first kappa shape index (κ1) is 16.1. The topological polar surface area (TPSA) is 46.5 Å². The fraction of sp³-hybridized carbons (Fsp3) is 0.316. The van der Waals surface area contributed by atoms with Gasteiger partial charge in [0.15, 0.2) is 0 Å². The summed E-state index contributed by atoms with van der Waals surface area (Å²) < 4.78 is 5.97. The molecule has 2 aromatic carbocycles. The highest BCUT2D eigenvalue weighted by atomic mass is 16.5. The van der Waals surface area contributed by atoms with Gasteiger partial charge in [0.05, 0.1) is 11.7 Å². The molecular formula is C19H22O3. The predicted octanol–water partition coefficient (Wildman–Crippen LogP) is 5.01. The summed E-state index contributed by atoms with van der Waals surface area (Å²) in [6.07, 6.45) is 3.46. The highest BCUT2D eigenvalue weighted by molar-refractivity contribution is 5.88. The van der Waals surface area contributed by atoms with Crippen LogP contribution in [0.1, 0.15) is 43.5 Å². The van der Waals surface area contributed by atoms with Gasteiger partial charge in [-0.05, 0) is 48.2 Å². The van der Waals surface area contributed by atoms with Gasteiger partial charge in [-0.3, -0.25) is 0 Å². The van der Waals surface area contributed by atoms with Crippen molar-refractivity contribution < 1.29 is 14.6 Å². The van der Waals surface area contributed by atoms with Crippen molar-refractivity contribution in [1.29, 1.82) is 0 Å². The zero-order valence-electron chi connectivity index (χ0n) is 13.1. The van der Waals surface area contributed by atoms with E-state index in [4.69, 9.17) is 9.84 Å². The van der Waals surface area contributed by atoms with Crippen molar-refractivity contribution in [3.8, 4) is 16.9 Å². The number of carboxylic acid groups (broad SMARTS) is 1. The van der Waals surface area contributed by atoms with E-state index in [-0.39, 0.29) is 6.10 Å². The van der Waals surface area contributed by atoms with Crippen LogP contribution in [0.25, 0.3) is 11.1 Å².